The molecule has 1 atom stereocenters. The summed E-state index contributed by atoms with van der Waals surface area (Å²) in [4.78, 5) is 12.8. The molecule has 1 aliphatic carbocycles. The molecule has 1 unspecified atom stereocenters. The molecule has 0 saturated heterocycles. The molecule has 4 rings (SSSR count). The summed E-state index contributed by atoms with van der Waals surface area (Å²) in [6.45, 7) is 1.90. The van der Waals surface area contributed by atoms with Crippen LogP contribution in [-0.2, 0) is 0 Å². The minimum atomic E-state index is -0.198. The van der Waals surface area contributed by atoms with Gasteiger partial charge in [0.1, 0.15) is 11.5 Å². The number of rotatable bonds is 5. The lowest BCUT2D eigenvalue weighted by molar-refractivity contribution is 0.0927. The van der Waals surface area contributed by atoms with Crippen LogP contribution in [0.1, 0.15) is 53.7 Å². The highest BCUT2D eigenvalue weighted by Gasteiger charge is 2.29. The SMILES string of the molecule is CC(NC(=O)c1cc(C2CC2)nn1-c1ccccc1)c1ccco1. The van der Waals surface area contributed by atoms with Crippen LogP contribution in [0.2, 0.25) is 0 Å². The summed E-state index contributed by atoms with van der Waals surface area (Å²) in [6, 6.07) is 15.1. The molecule has 1 N–H and O–H groups in total. The summed E-state index contributed by atoms with van der Waals surface area (Å²) in [6.07, 6.45) is 3.91. The second-order valence-electron chi connectivity index (χ2n) is 6.19. The first-order valence-electron chi connectivity index (χ1n) is 8.22. The number of nitrogens with zero attached hydrogens (tertiary/aromatic N) is 2. The molecule has 122 valence electrons. The van der Waals surface area contributed by atoms with Gasteiger partial charge in [-0.2, -0.15) is 5.10 Å². The molecule has 1 amide bonds. The Hall–Kier alpha value is -2.82. The Morgan fingerprint density at radius 3 is 2.71 bits per heavy atom. The molecule has 2 aromatic heterocycles. The Morgan fingerprint density at radius 2 is 2.04 bits per heavy atom. The van der Waals surface area contributed by atoms with Gasteiger partial charge in [0.05, 0.1) is 23.7 Å². The van der Waals surface area contributed by atoms with E-state index in [1.54, 1.807) is 10.9 Å². The highest BCUT2D eigenvalue weighted by molar-refractivity contribution is 5.93. The highest BCUT2D eigenvalue weighted by atomic mass is 16.3. The lowest BCUT2D eigenvalue weighted by Crippen LogP contribution is -2.28. The van der Waals surface area contributed by atoms with E-state index in [4.69, 9.17) is 4.42 Å². The Balaban J connectivity index is 1.64. The zero-order valence-electron chi connectivity index (χ0n) is 13.5. The van der Waals surface area contributed by atoms with Gasteiger partial charge in [0.25, 0.3) is 5.91 Å². The molecule has 0 bridgehead atoms. The lowest BCUT2D eigenvalue weighted by atomic mass is 10.2. The minimum Gasteiger partial charge on any atom is -0.467 e. The summed E-state index contributed by atoms with van der Waals surface area (Å²) in [7, 11) is 0. The van der Waals surface area contributed by atoms with Crippen molar-refractivity contribution >= 4 is 5.91 Å². The molecule has 1 saturated carbocycles. The molecule has 5 heteroatoms. The van der Waals surface area contributed by atoms with Crippen LogP contribution >= 0.6 is 0 Å². The van der Waals surface area contributed by atoms with Crippen molar-refractivity contribution in [3.05, 3.63) is 71.9 Å². The van der Waals surface area contributed by atoms with Gasteiger partial charge >= 0.3 is 0 Å². The maximum Gasteiger partial charge on any atom is 0.270 e. The van der Waals surface area contributed by atoms with E-state index >= 15 is 0 Å². The molecule has 0 aliphatic heterocycles. The number of furan rings is 1. The monoisotopic (exact) mass is 321 g/mol. The van der Waals surface area contributed by atoms with Gasteiger partial charge in [0.15, 0.2) is 0 Å². The molecule has 5 nitrogen and oxygen atoms in total. The summed E-state index contributed by atoms with van der Waals surface area (Å²) in [5.41, 5.74) is 2.44. The lowest BCUT2D eigenvalue weighted by Gasteiger charge is -2.12. The van der Waals surface area contributed by atoms with E-state index in [2.05, 4.69) is 10.4 Å². The summed E-state index contributed by atoms with van der Waals surface area (Å²) in [5, 5.41) is 7.65. The van der Waals surface area contributed by atoms with Crippen molar-refractivity contribution in [1.82, 2.24) is 15.1 Å². The fourth-order valence-corrected chi connectivity index (χ4v) is 2.79. The number of amides is 1. The van der Waals surface area contributed by atoms with Crippen LogP contribution in [0.25, 0.3) is 5.69 Å². The van der Waals surface area contributed by atoms with E-state index in [1.807, 2.05) is 55.5 Å². The largest absolute Gasteiger partial charge is 0.467 e. The van der Waals surface area contributed by atoms with Gasteiger partial charge in [0.2, 0.25) is 0 Å². The first kappa shape index (κ1) is 14.8. The zero-order valence-corrected chi connectivity index (χ0v) is 13.5. The fourth-order valence-electron chi connectivity index (χ4n) is 2.79. The normalized spacial score (nSPS) is 15.2. The van der Waals surface area contributed by atoms with Crippen LogP contribution in [0.15, 0.2) is 59.2 Å². The number of nitrogens with one attached hydrogen (secondary N) is 1. The number of aromatic nitrogens is 2. The van der Waals surface area contributed by atoms with Gasteiger partial charge in [-0.3, -0.25) is 4.79 Å². The van der Waals surface area contributed by atoms with Crippen LogP contribution in [0.4, 0.5) is 0 Å². The van der Waals surface area contributed by atoms with Crippen molar-refractivity contribution in [1.29, 1.82) is 0 Å². The Morgan fingerprint density at radius 1 is 1.25 bits per heavy atom. The molecule has 24 heavy (non-hydrogen) atoms. The van der Waals surface area contributed by atoms with E-state index in [0.717, 1.165) is 30.0 Å². The van der Waals surface area contributed by atoms with Crippen LogP contribution in [0, 0.1) is 0 Å². The second kappa shape index (κ2) is 6.00. The van der Waals surface area contributed by atoms with Crippen molar-refractivity contribution in [3.8, 4) is 5.69 Å². The van der Waals surface area contributed by atoms with Gasteiger partial charge in [-0.15, -0.1) is 0 Å². The summed E-state index contributed by atoms with van der Waals surface area (Å²) in [5.74, 6) is 1.07. The quantitative estimate of drug-likeness (QED) is 0.777. The molecule has 3 aromatic rings. The molecule has 2 heterocycles. The fraction of sp³-hybridized carbons (Fsp3) is 0.263. The van der Waals surface area contributed by atoms with E-state index in [0.29, 0.717) is 11.6 Å². The Kier molecular flexibility index (Phi) is 3.69. The van der Waals surface area contributed by atoms with Gasteiger partial charge in [-0.1, -0.05) is 18.2 Å². The third-order valence-electron chi connectivity index (χ3n) is 4.27. The average Bonchev–Trinajstić information content (AvgIpc) is 3.14. The number of benzene rings is 1. The van der Waals surface area contributed by atoms with Crippen molar-refractivity contribution in [3.63, 3.8) is 0 Å². The summed E-state index contributed by atoms with van der Waals surface area (Å²) < 4.78 is 7.10. The number of carbonyl (C=O) groups is 1. The second-order valence-corrected chi connectivity index (χ2v) is 6.19. The highest BCUT2D eigenvalue weighted by Crippen LogP contribution is 2.39. The molecular weight excluding hydrogens is 302 g/mol. The van der Waals surface area contributed by atoms with E-state index in [-0.39, 0.29) is 11.9 Å². The van der Waals surface area contributed by atoms with E-state index in [9.17, 15) is 4.79 Å². The standard InChI is InChI=1S/C19H19N3O2/c1-13(18-8-5-11-24-18)20-19(23)17-12-16(14-9-10-14)21-22(17)15-6-3-2-4-7-15/h2-8,11-14H,9-10H2,1H3,(H,20,23). The van der Waals surface area contributed by atoms with Crippen molar-refractivity contribution < 1.29 is 9.21 Å². The van der Waals surface area contributed by atoms with E-state index < -0.39 is 0 Å². The molecule has 1 aliphatic rings. The number of hydrogen-bond acceptors (Lipinski definition) is 3. The number of carbonyl (C=O) groups excluding carboxylic acids is 1. The molecule has 0 spiro atoms. The maximum atomic E-state index is 12.8. The van der Waals surface area contributed by atoms with Crippen molar-refractivity contribution in [2.75, 3.05) is 0 Å². The Bertz CT molecular complexity index is 833. The van der Waals surface area contributed by atoms with Gasteiger partial charge < -0.3 is 9.73 Å². The van der Waals surface area contributed by atoms with Crippen molar-refractivity contribution in [2.24, 2.45) is 0 Å². The smallest absolute Gasteiger partial charge is 0.270 e. The molecule has 1 fully saturated rings. The van der Waals surface area contributed by atoms with Crippen LogP contribution < -0.4 is 5.32 Å². The minimum absolute atomic E-state index is 0.151. The topological polar surface area (TPSA) is 60.1 Å². The van der Waals surface area contributed by atoms with Gasteiger partial charge in [-0.25, -0.2) is 4.68 Å². The van der Waals surface area contributed by atoms with Crippen LogP contribution in [0.3, 0.4) is 0 Å². The number of hydrogen-bond donors (Lipinski definition) is 1. The summed E-state index contributed by atoms with van der Waals surface area (Å²) >= 11 is 0. The first-order chi connectivity index (χ1) is 11.7. The molecular formula is C19H19N3O2. The van der Waals surface area contributed by atoms with Crippen LogP contribution in [-0.4, -0.2) is 15.7 Å². The average molecular weight is 321 g/mol. The third kappa shape index (κ3) is 2.85. The first-order valence-corrected chi connectivity index (χ1v) is 8.22. The van der Waals surface area contributed by atoms with Crippen LogP contribution in [0.5, 0.6) is 0 Å². The predicted octanol–water partition coefficient (Wildman–Crippen LogP) is 3.83. The predicted molar refractivity (Wildman–Crippen MR) is 90.1 cm³/mol. The maximum absolute atomic E-state index is 12.8. The van der Waals surface area contributed by atoms with Gasteiger partial charge in [-0.05, 0) is 50.1 Å². The van der Waals surface area contributed by atoms with E-state index in [1.165, 1.54) is 0 Å². The molecule has 1 aromatic carbocycles. The van der Waals surface area contributed by atoms with Gasteiger partial charge in [0, 0.05) is 5.92 Å². The third-order valence-corrected chi connectivity index (χ3v) is 4.27. The zero-order chi connectivity index (χ0) is 16.5. The van der Waals surface area contributed by atoms with Crippen molar-refractivity contribution in [2.45, 2.75) is 31.7 Å². The number of para-hydroxylation sites is 1. The Labute approximate surface area is 140 Å². The molecule has 0 radical (unpaired) electrons.